The maximum atomic E-state index is 13.1. The number of hydrogen-bond acceptors (Lipinski definition) is 15. The van der Waals surface area contributed by atoms with Crippen molar-refractivity contribution in [2.75, 3.05) is 39.6 Å². The minimum Gasteiger partial charge on any atom is -0.462 e. The van der Waals surface area contributed by atoms with E-state index in [4.69, 9.17) is 37.0 Å². The van der Waals surface area contributed by atoms with Crippen LogP contribution in [0.15, 0.2) is 24.3 Å². The highest BCUT2D eigenvalue weighted by atomic mass is 31.2. The summed E-state index contributed by atoms with van der Waals surface area (Å²) < 4.78 is 68.6. The third-order valence-electron chi connectivity index (χ3n) is 18.4. The van der Waals surface area contributed by atoms with Gasteiger partial charge in [-0.05, 0) is 57.3 Å². The van der Waals surface area contributed by atoms with Gasteiger partial charge in [-0.2, -0.15) is 0 Å². The van der Waals surface area contributed by atoms with E-state index in [2.05, 4.69) is 58.9 Å². The molecule has 2 unspecified atom stereocenters. The van der Waals surface area contributed by atoms with Crippen LogP contribution >= 0.6 is 15.6 Å². The zero-order valence-electron chi connectivity index (χ0n) is 64.8. The van der Waals surface area contributed by atoms with Gasteiger partial charge in [-0.25, -0.2) is 9.13 Å². The topological polar surface area (TPSA) is 237 Å². The number of hydrogen-bond donors (Lipinski definition) is 3. The van der Waals surface area contributed by atoms with Gasteiger partial charge in [0.2, 0.25) is 0 Å². The van der Waals surface area contributed by atoms with Crippen molar-refractivity contribution in [2.45, 2.75) is 425 Å². The molecule has 0 bridgehead atoms. The van der Waals surface area contributed by atoms with Crippen molar-refractivity contribution in [3.8, 4) is 0 Å². The van der Waals surface area contributed by atoms with E-state index in [1.54, 1.807) is 0 Å². The second-order valence-electron chi connectivity index (χ2n) is 29.0. The van der Waals surface area contributed by atoms with Gasteiger partial charge in [-0.1, -0.05) is 354 Å². The number of phosphoric ester groups is 2. The first-order chi connectivity index (χ1) is 48.5. The molecule has 0 saturated carbocycles. The number of aliphatic hydroxyl groups excluding tert-OH is 1. The highest BCUT2D eigenvalue weighted by molar-refractivity contribution is 7.47. The molecule has 0 aliphatic carbocycles. The van der Waals surface area contributed by atoms with Crippen LogP contribution in [0.3, 0.4) is 0 Å². The van der Waals surface area contributed by atoms with Crippen LogP contribution < -0.4 is 0 Å². The quantitative estimate of drug-likeness (QED) is 0.0169. The first-order valence-corrected chi connectivity index (χ1v) is 44.4. The Morgan fingerprint density at radius 2 is 0.540 bits per heavy atom. The van der Waals surface area contributed by atoms with E-state index in [1.807, 2.05) is 0 Å². The van der Waals surface area contributed by atoms with Crippen LogP contribution in [0.1, 0.15) is 407 Å². The van der Waals surface area contributed by atoms with Crippen molar-refractivity contribution in [2.24, 2.45) is 5.92 Å². The largest absolute Gasteiger partial charge is 0.472 e. The number of carbonyl (C=O) groups is 4. The molecule has 3 N–H and O–H groups in total. The number of phosphoric acid groups is 2. The van der Waals surface area contributed by atoms with Crippen molar-refractivity contribution < 1.29 is 80.2 Å². The smallest absolute Gasteiger partial charge is 0.462 e. The predicted molar refractivity (Wildman–Crippen MR) is 409 cm³/mol. The lowest BCUT2D eigenvalue weighted by atomic mass is 10.0. The third-order valence-corrected chi connectivity index (χ3v) is 20.3. The minimum absolute atomic E-state index is 0.102. The number of unbranched alkanes of at least 4 members (excludes halogenated alkanes) is 48. The summed E-state index contributed by atoms with van der Waals surface area (Å²) in [7, 11) is -9.93. The molecule has 0 fully saturated rings. The molecular formula is C81H154O17P2. The molecule has 100 heavy (non-hydrogen) atoms. The van der Waals surface area contributed by atoms with Gasteiger partial charge < -0.3 is 33.8 Å². The van der Waals surface area contributed by atoms with E-state index in [1.165, 1.54) is 212 Å². The minimum atomic E-state index is -4.97. The van der Waals surface area contributed by atoms with Crippen LogP contribution in [-0.4, -0.2) is 96.7 Å². The standard InChI is InChI=1S/C81H154O17P2/c1-6-9-12-15-18-21-24-27-29-30-31-32-33-34-36-38-41-46-51-56-61-66-80(85)97-76(70-92-79(84)65-60-55-50-45-40-37-35-28-25-22-19-16-13-10-7-2)72-95-99(87,88)93-68-75(82)69-94-100(89,90)96-73-77(98-81(86)67-62-57-52-47-42-43-48-53-58-63-74(4)5)71-91-78(83)64-59-54-49-44-39-26-23-20-17-14-11-8-3/h22,25,28,35,74-77,82H,6-21,23-24,26-27,29-34,36-73H2,1-5H3,(H,87,88)(H,89,90)/b25-22-,35-28-/t75-,76-,77-/m1/s1. The van der Waals surface area contributed by atoms with Gasteiger partial charge in [0.05, 0.1) is 26.4 Å². The molecule has 0 aliphatic heterocycles. The Bertz CT molecular complexity index is 2000. The molecule has 0 radical (unpaired) electrons. The van der Waals surface area contributed by atoms with Crippen molar-refractivity contribution in [1.82, 2.24) is 0 Å². The average molecular weight is 1460 g/mol. The molecule has 590 valence electrons. The van der Waals surface area contributed by atoms with E-state index in [0.717, 1.165) is 115 Å². The Kier molecular flexibility index (Phi) is 71.6. The maximum absolute atomic E-state index is 13.1. The molecule has 0 heterocycles. The van der Waals surface area contributed by atoms with Crippen molar-refractivity contribution >= 4 is 39.5 Å². The highest BCUT2D eigenvalue weighted by Crippen LogP contribution is 2.45. The Labute approximate surface area is 612 Å². The zero-order valence-corrected chi connectivity index (χ0v) is 66.6. The van der Waals surface area contributed by atoms with Gasteiger partial charge in [0.25, 0.3) is 0 Å². The molecule has 0 aromatic rings. The Morgan fingerprint density at radius 3 is 0.820 bits per heavy atom. The van der Waals surface area contributed by atoms with E-state index < -0.39 is 97.5 Å². The number of rotatable bonds is 79. The van der Waals surface area contributed by atoms with E-state index >= 15 is 0 Å². The maximum Gasteiger partial charge on any atom is 0.472 e. The van der Waals surface area contributed by atoms with Crippen LogP contribution in [0.25, 0.3) is 0 Å². The van der Waals surface area contributed by atoms with Crippen molar-refractivity contribution in [3.63, 3.8) is 0 Å². The van der Waals surface area contributed by atoms with Crippen molar-refractivity contribution in [1.29, 1.82) is 0 Å². The fraction of sp³-hybridized carbons (Fsp3) is 0.901. The Hall–Kier alpha value is -2.46. The lowest BCUT2D eigenvalue weighted by Gasteiger charge is -2.21. The summed E-state index contributed by atoms with van der Waals surface area (Å²) in [5.41, 5.74) is 0. The third kappa shape index (κ3) is 73.8. The van der Waals surface area contributed by atoms with Crippen LogP contribution in [-0.2, 0) is 65.4 Å². The number of esters is 4. The summed E-state index contributed by atoms with van der Waals surface area (Å²) in [5, 5.41) is 10.6. The monoisotopic (exact) mass is 1460 g/mol. The summed E-state index contributed by atoms with van der Waals surface area (Å²) in [6.07, 6.45) is 67.5. The Morgan fingerprint density at radius 1 is 0.310 bits per heavy atom. The molecule has 0 aliphatic rings. The van der Waals surface area contributed by atoms with E-state index in [-0.39, 0.29) is 25.7 Å². The molecule has 19 heteroatoms. The number of ether oxygens (including phenoxy) is 4. The summed E-state index contributed by atoms with van der Waals surface area (Å²) in [4.78, 5) is 73.0. The van der Waals surface area contributed by atoms with Crippen LogP contribution in [0, 0.1) is 5.92 Å². The first kappa shape index (κ1) is 97.5. The van der Waals surface area contributed by atoms with Gasteiger partial charge in [0.15, 0.2) is 12.2 Å². The zero-order chi connectivity index (χ0) is 73.4. The molecule has 0 aromatic heterocycles. The Balaban J connectivity index is 5.25. The SMILES string of the molecule is CCCCCC/C=C\C=C/CCCCCCCC(=O)OC[C@H](COP(=O)(O)OC[C@@H](O)COP(=O)(O)OC[C@@H](COC(=O)CCCCCCCCCCCCCC)OC(=O)CCCCCCCCCCCC(C)C)OC(=O)CCCCCCCCCCCCCCCCCCCCCCC. The molecule has 17 nitrogen and oxygen atoms in total. The van der Waals surface area contributed by atoms with Crippen molar-refractivity contribution in [3.05, 3.63) is 24.3 Å². The number of carbonyl (C=O) groups excluding carboxylic acids is 4. The van der Waals surface area contributed by atoms with E-state index in [9.17, 15) is 43.2 Å². The van der Waals surface area contributed by atoms with Gasteiger partial charge in [0, 0.05) is 25.7 Å². The molecule has 0 rings (SSSR count). The molecule has 0 amide bonds. The molecule has 0 saturated heterocycles. The fourth-order valence-electron chi connectivity index (χ4n) is 12.0. The van der Waals surface area contributed by atoms with Crippen LogP contribution in [0.2, 0.25) is 0 Å². The van der Waals surface area contributed by atoms with E-state index in [0.29, 0.717) is 25.7 Å². The fourth-order valence-corrected chi connectivity index (χ4v) is 13.6. The molecular weight excluding hydrogens is 1310 g/mol. The lowest BCUT2D eigenvalue weighted by molar-refractivity contribution is -0.161. The number of aliphatic hydroxyl groups is 1. The van der Waals surface area contributed by atoms with Gasteiger partial charge in [-0.3, -0.25) is 37.3 Å². The van der Waals surface area contributed by atoms with Crippen LogP contribution in [0.5, 0.6) is 0 Å². The summed E-state index contributed by atoms with van der Waals surface area (Å²) in [6, 6.07) is 0. The molecule has 0 spiro atoms. The summed E-state index contributed by atoms with van der Waals surface area (Å²) >= 11 is 0. The summed E-state index contributed by atoms with van der Waals surface area (Å²) in [5.74, 6) is -1.40. The molecule has 5 atom stereocenters. The first-order valence-electron chi connectivity index (χ1n) is 41.5. The normalized spacial score (nSPS) is 14.0. The molecule has 0 aromatic carbocycles. The predicted octanol–water partition coefficient (Wildman–Crippen LogP) is 24.0. The second-order valence-corrected chi connectivity index (χ2v) is 31.9. The van der Waals surface area contributed by atoms with Gasteiger partial charge in [0.1, 0.15) is 19.3 Å². The lowest BCUT2D eigenvalue weighted by Crippen LogP contribution is -2.30. The van der Waals surface area contributed by atoms with Gasteiger partial charge in [-0.15, -0.1) is 0 Å². The van der Waals surface area contributed by atoms with Gasteiger partial charge >= 0.3 is 39.5 Å². The highest BCUT2D eigenvalue weighted by Gasteiger charge is 2.30. The second kappa shape index (κ2) is 73.4. The summed E-state index contributed by atoms with van der Waals surface area (Å²) in [6.45, 7) is 7.23. The average Bonchev–Trinajstić information content (AvgIpc) is 0.952. The number of allylic oxidation sites excluding steroid dienone is 4. The van der Waals surface area contributed by atoms with Crippen LogP contribution in [0.4, 0.5) is 0 Å².